The van der Waals surface area contributed by atoms with Crippen LogP contribution in [0, 0.1) is 13.8 Å². The van der Waals surface area contributed by atoms with E-state index in [4.69, 9.17) is 16.3 Å². The highest BCUT2D eigenvalue weighted by Gasteiger charge is 2.21. The molecule has 0 radical (unpaired) electrons. The highest BCUT2D eigenvalue weighted by atomic mass is 35.5. The van der Waals surface area contributed by atoms with E-state index in [0.717, 1.165) is 16.7 Å². The number of carboxylic acids is 1. The molecule has 4 heteroatoms. The van der Waals surface area contributed by atoms with Gasteiger partial charge in [0.1, 0.15) is 5.75 Å². The van der Waals surface area contributed by atoms with Gasteiger partial charge in [0.05, 0.1) is 0 Å². The van der Waals surface area contributed by atoms with Gasteiger partial charge in [-0.3, -0.25) is 0 Å². The van der Waals surface area contributed by atoms with Crippen LogP contribution in [0.1, 0.15) is 16.7 Å². The Kier molecular flexibility index (Phi) is 4.86. The van der Waals surface area contributed by atoms with E-state index in [9.17, 15) is 9.90 Å². The van der Waals surface area contributed by atoms with Crippen molar-refractivity contribution < 1.29 is 14.6 Å². The number of hydrogen-bond acceptors (Lipinski definition) is 2. The monoisotopic (exact) mass is 304 g/mol. The average molecular weight is 305 g/mol. The molecule has 3 nitrogen and oxygen atoms in total. The molecule has 1 atom stereocenters. The van der Waals surface area contributed by atoms with Crippen LogP contribution in [0.25, 0.3) is 0 Å². The van der Waals surface area contributed by atoms with E-state index >= 15 is 0 Å². The van der Waals surface area contributed by atoms with E-state index in [1.165, 1.54) is 0 Å². The molecule has 0 unspecified atom stereocenters. The molecule has 2 aromatic rings. The molecule has 110 valence electrons. The molecule has 0 fully saturated rings. The summed E-state index contributed by atoms with van der Waals surface area (Å²) in [6.45, 7) is 3.95. The van der Waals surface area contributed by atoms with Crippen LogP contribution in [0.4, 0.5) is 0 Å². The number of rotatable bonds is 5. The lowest BCUT2D eigenvalue weighted by Gasteiger charge is -2.17. The van der Waals surface area contributed by atoms with Crippen molar-refractivity contribution in [3.8, 4) is 5.75 Å². The molecule has 0 saturated heterocycles. The van der Waals surface area contributed by atoms with Crippen molar-refractivity contribution in [2.75, 3.05) is 0 Å². The van der Waals surface area contributed by atoms with Crippen LogP contribution in [0.3, 0.4) is 0 Å². The van der Waals surface area contributed by atoms with Crippen LogP contribution in [-0.4, -0.2) is 17.2 Å². The Morgan fingerprint density at radius 1 is 1.19 bits per heavy atom. The zero-order chi connectivity index (χ0) is 15.4. The highest BCUT2D eigenvalue weighted by molar-refractivity contribution is 6.30. The summed E-state index contributed by atoms with van der Waals surface area (Å²) in [6.07, 6.45) is -0.600. The summed E-state index contributed by atoms with van der Waals surface area (Å²) < 4.78 is 5.57. The Labute approximate surface area is 129 Å². The predicted octanol–water partition coefficient (Wildman–Crippen LogP) is 4.03. The summed E-state index contributed by atoms with van der Waals surface area (Å²) in [7, 11) is 0. The van der Waals surface area contributed by atoms with Crippen LogP contribution in [-0.2, 0) is 11.2 Å². The quantitative estimate of drug-likeness (QED) is 0.907. The third-order valence-electron chi connectivity index (χ3n) is 3.28. The largest absolute Gasteiger partial charge is 0.478 e. The second kappa shape index (κ2) is 6.64. The Hall–Kier alpha value is -2.00. The number of aliphatic carboxylic acids is 1. The molecular weight excluding hydrogens is 288 g/mol. The lowest BCUT2D eigenvalue weighted by Crippen LogP contribution is -2.29. The van der Waals surface area contributed by atoms with Crippen LogP contribution in [0.15, 0.2) is 42.5 Å². The molecule has 2 aromatic carbocycles. The Bertz CT molecular complexity index is 635. The van der Waals surface area contributed by atoms with Crippen LogP contribution < -0.4 is 4.74 Å². The third kappa shape index (κ3) is 4.23. The summed E-state index contributed by atoms with van der Waals surface area (Å²) in [5, 5.41) is 9.95. The van der Waals surface area contributed by atoms with Gasteiger partial charge in [-0.25, -0.2) is 4.79 Å². The van der Waals surface area contributed by atoms with Gasteiger partial charge in [0.2, 0.25) is 0 Å². The zero-order valence-corrected chi connectivity index (χ0v) is 12.7. The molecular formula is C17H17ClO3. The number of carboxylic acid groups (broad SMARTS) is 1. The molecule has 0 spiro atoms. The first kappa shape index (κ1) is 15.4. The minimum absolute atomic E-state index is 0.325. The summed E-state index contributed by atoms with van der Waals surface area (Å²) >= 11 is 5.81. The molecule has 0 heterocycles. The first-order chi connectivity index (χ1) is 9.95. The first-order valence-electron chi connectivity index (χ1n) is 6.67. The van der Waals surface area contributed by atoms with Crippen LogP contribution in [0.5, 0.6) is 5.75 Å². The van der Waals surface area contributed by atoms with E-state index < -0.39 is 12.1 Å². The zero-order valence-electron chi connectivity index (χ0n) is 12.0. The standard InChI is InChI=1S/C17H17ClO3/c1-11-3-4-12(2)13(9-11)10-16(17(19)20)21-15-7-5-14(18)6-8-15/h3-9,16H,10H2,1-2H3,(H,19,20)/t16-/m1/s1. The van der Waals surface area contributed by atoms with E-state index in [-0.39, 0.29) is 0 Å². The summed E-state index contributed by atoms with van der Waals surface area (Å²) in [4.78, 5) is 11.4. The van der Waals surface area contributed by atoms with E-state index in [1.54, 1.807) is 24.3 Å². The van der Waals surface area contributed by atoms with Crippen molar-refractivity contribution in [1.82, 2.24) is 0 Å². The molecule has 2 rings (SSSR count). The van der Waals surface area contributed by atoms with Gasteiger partial charge in [-0.1, -0.05) is 35.4 Å². The number of halogens is 1. The molecule has 0 aliphatic carbocycles. The number of ether oxygens (including phenoxy) is 1. The molecule has 0 bridgehead atoms. The number of carbonyl (C=O) groups is 1. The van der Waals surface area contributed by atoms with E-state index in [0.29, 0.717) is 17.2 Å². The van der Waals surface area contributed by atoms with Gasteiger partial charge in [-0.05, 0) is 49.2 Å². The van der Waals surface area contributed by atoms with Gasteiger partial charge in [0.25, 0.3) is 0 Å². The SMILES string of the molecule is Cc1ccc(C)c(C[C@@H](Oc2ccc(Cl)cc2)C(=O)O)c1. The fourth-order valence-electron chi connectivity index (χ4n) is 2.08. The predicted molar refractivity (Wildman–Crippen MR) is 83.1 cm³/mol. The van der Waals surface area contributed by atoms with Gasteiger partial charge >= 0.3 is 5.97 Å². The van der Waals surface area contributed by atoms with E-state index in [2.05, 4.69) is 0 Å². The highest BCUT2D eigenvalue weighted by Crippen LogP contribution is 2.20. The topological polar surface area (TPSA) is 46.5 Å². The lowest BCUT2D eigenvalue weighted by molar-refractivity contribution is -0.145. The lowest BCUT2D eigenvalue weighted by atomic mass is 10.00. The van der Waals surface area contributed by atoms with E-state index in [1.807, 2.05) is 32.0 Å². The van der Waals surface area contributed by atoms with Gasteiger partial charge in [0.15, 0.2) is 6.10 Å². The minimum atomic E-state index is -0.981. The summed E-state index contributed by atoms with van der Waals surface area (Å²) in [5.74, 6) is -0.483. The molecule has 0 aliphatic heterocycles. The van der Waals surface area contributed by atoms with Crippen molar-refractivity contribution >= 4 is 17.6 Å². The normalized spacial score (nSPS) is 12.0. The molecule has 1 N–H and O–H groups in total. The maximum atomic E-state index is 11.4. The number of benzene rings is 2. The summed E-state index contributed by atoms with van der Waals surface area (Å²) in [6, 6.07) is 12.7. The van der Waals surface area contributed by atoms with Crippen LogP contribution >= 0.6 is 11.6 Å². The molecule has 0 amide bonds. The van der Waals surface area contributed by atoms with Gasteiger partial charge in [0, 0.05) is 11.4 Å². The fraction of sp³-hybridized carbons (Fsp3) is 0.235. The van der Waals surface area contributed by atoms with Gasteiger partial charge < -0.3 is 9.84 Å². The maximum Gasteiger partial charge on any atom is 0.345 e. The third-order valence-corrected chi connectivity index (χ3v) is 3.53. The second-order valence-corrected chi connectivity index (χ2v) is 5.47. The molecule has 0 aromatic heterocycles. The van der Waals surface area contributed by atoms with Crippen molar-refractivity contribution in [2.45, 2.75) is 26.4 Å². The van der Waals surface area contributed by atoms with Gasteiger partial charge in [-0.2, -0.15) is 0 Å². The molecule has 0 saturated carbocycles. The summed E-state index contributed by atoms with van der Waals surface area (Å²) in [5.41, 5.74) is 3.15. The molecule has 21 heavy (non-hydrogen) atoms. The maximum absolute atomic E-state index is 11.4. The van der Waals surface area contributed by atoms with Crippen molar-refractivity contribution in [3.05, 3.63) is 64.2 Å². The van der Waals surface area contributed by atoms with Crippen molar-refractivity contribution in [3.63, 3.8) is 0 Å². The first-order valence-corrected chi connectivity index (χ1v) is 7.04. The van der Waals surface area contributed by atoms with Gasteiger partial charge in [-0.15, -0.1) is 0 Å². The number of aryl methyl sites for hydroxylation is 2. The Morgan fingerprint density at radius 2 is 1.86 bits per heavy atom. The average Bonchev–Trinajstić information content (AvgIpc) is 2.44. The van der Waals surface area contributed by atoms with Crippen molar-refractivity contribution in [1.29, 1.82) is 0 Å². The smallest absolute Gasteiger partial charge is 0.345 e. The van der Waals surface area contributed by atoms with Crippen molar-refractivity contribution in [2.24, 2.45) is 0 Å². The molecule has 0 aliphatic rings. The minimum Gasteiger partial charge on any atom is -0.478 e. The Morgan fingerprint density at radius 3 is 2.48 bits per heavy atom. The Balaban J connectivity index is 2.17. The fourth-order valence-corrected chi connectivity index (χ4v) is 2.20. The number of hydrogen-bond donors (Lipinski definition) is 1. The van der Waals surface area contributed by atoms with Crippen LogP contribution in [0.2, 0.25) is 5.02 Å². The second-order valence-electron chi connectivity index (χ2n) is 5.03.